The molecule has 1 saturated heterocycles. The Balaban J connectivity index is 1.91. The van der Waals surface area contributed by atoms with Crippen molar-refractivity contribution in [3.63, 3.8) is 0 Å². The molecular weight excluding hydrogens is 344 g/mol. The van der Waals surface area contributed by atoms with Crippen LogP contribution in [0.2, 0.25) is 0 Å². The van der Waals surface area contributed by atoms with Crippen LogP contribution in [0.25, 0.3) is 26.1 Å². The first kappa shape index (κ1) is 14.8. The van der Waals surface area contributed by atoms with Gasteiger partial charge in [0.2, 0.25) is 0 Å². The van der Waals surface area contributed by atoms with E-state index >= 15 is 4.39 Å². The largest absolute Gasteiger partial charge is 0.367 e. The molecule has 1 aliphatic rings. The summed E-state index contributed by atoms with van der Waals surface area (Å²) in [5.41, 5.74) is 0.834. The van der Waals surface area contributed by atoms with Crippen molar-refractivity contribution in [1.29, 1.82) is 0 Å². The SMILES string of the molecule is O=c1c2cc(F)c(N3CCCC3)c(F)c2sc2nc3ccccc3n12. The molecule has 2 aromatic carbocycles. The van der Waals surface area contributed by atoms with Gasteiger partial charge in [-0.15, -0.1) is 0 Å². The van der Waals surface area contributed by atoms with Crippen molar-refractivity contribution in [1.82, 2.24) is 9.38 Å². The van der Waals surface area contributed by atoms with Crippen LogP contribution in [0, 0.1) is 11.6 Å². The molecule has 4 nitrogen and oxygen atoms in total. The molecule has 1 fully saturated rings. The minimum absolute atomic E-state index is 0.0267. The average molecular weight is 357 g/mol. The summed E-state index contributed by atoms with van der Waals surface area (Å²) in [7, 11) is 0. The first-order valence-corrected chi connectivity index (χ1v) is 8.94. The molecule has 7 heteroatoms. The van der Waals surface area contributed by atoms with Crippen molar-refractivity contribution < 1.29 is 8.78 Å². The average Bonchev–Trinajstić information content (AvgIpc) is 3.24. The number of fused-ring (bicyclic) bond motifs is 4. The molecule has 0 spiro atoms. The lowest BCUT2D eigenvalue weighted by Gasteiger charge is -2.19. The van der Waals surface area contributed by atoms with E-state index < -0.39 is 17.2 Å². The van der Waals surface area contributed by atoms with Gasteiger partial charge in [0.1, 0.15) is 11.5 Å². The van der Waals surface area contributed by atoms with Gasteiger partial charge in [-0.05, 0) is 31.0 Å². The molecule has 3 heterocycles. The quantitative estimate of drug-likeness (QED) is 0.518. The van der Waals surface area contributed by atoms with E-state index in [2.05, 4.69) is 4.98 Å². The highest BCUT2D eigenvalue weighted by Gasteiger charge is 2.25. The van der Waals surface area contributed by atoms with Crippen LogP contribution >= 0.6 is 11.3 Å². The Morgan fingerprint density at radius 1 is 1.12 bits per heavy atom. The zero-order chi connectivity index (χ0) is 17.1. The van der Waals surface area contributed by atoms with Crippen LogP contribution in [0.15, 0.2) is 35.1 Å². The maximum absolute atomic E-state index is 15.1. The molecule has 1 aliphatic heterocycles. The third-order valence-electron chi connectivity index (χ3n) is 4.73. The number of halogens is 2. The number of nitrogens with zero attached hydrogens (tertiary/aromatic N) is 3. The van der Waals surface area contributed by atoms with Gasteiger partial charge in [-0.2, -0.15) is 0 Å². The first-order valence-electron chi connectivity index (χ1n) is 8.12. The van der Waals surface area contributed by atoms with Crippen LogP contribution in [0.4, 0.5) is 14.5 Å². The van der Waals surface area contributed by atoms with Crippen molar-refractivity contribution in [2.24, 2.45) is 0 Å². The van der Waals surface area contributed by atoms with Gasteiger partial charge >= 0.3 is 0 Å². The maximum Gasteiger partial charge on any atom is 0.266 e. The number of hydrogen-bond acceptors (Lipinski definition) is 4. The Kier molecular flexibility index (Phi) is 3.09. The van der Waals surface area contributed by atoms with Gasteiger partial charge in [0.25, 0.3) is 5.56 Å². The Hall–Kier alpha value is -2.54. The van der Waals surface area contributed by atoms with E-state index in [9.17, 15) is 9.18 Å². The molecule has 0 saturated carbocycles. The number of aromatic nitrogens is 2. The van der Waals surface area contributed by atoms with Gasteiger partial charge in [-0.1, -0.05) is 23.5 Å². The molecule has 0 atom stereocenters. The third-order valence-corrected chi connectivity index (χ3v) is 5.79. The Bertz CT molecular complexity index is 1210. The van der Waals surface area contributed by atoms with Crippen molar-refractivity contribution in [2.75, 3.05) is 18.0 Å². The minimum atomic E-state index is -0.681. The summed E-state index contributed by atoms with van der Waals surface area (Å²) in [6, 6.07) is 8.38. The predicted octanol–water partition coefficient (Wildman–Crippen LogP) is 3.94. The predicted molar refractivity (Wildman–Crippen MR) is 95.7 cm³/mol. The standard InChI is InChI=1S/C18H13F2N3OS/c19-11-9-10-16(14(20)15(11)22-7-3-4-8-22)25-18-21-12-5-1-2-6-13(12)23(18)17(10)24/h1-2,5-6,9H,3-4,7-8H2. The fourth-order valence-electron chi connectivity index (χ4n) is 3.56. The summed E-state index contributed by atoms with van der Waals surface area (Å²) < 4.78 is 31.3. The van der Waals surface area contributed by atoms with Gasteiger partial charge < -0.3 is 4.90 Å². The molecular formula is C18H13F2N3OS. The second kappa shape index (κ2) is 5.23. The Labute approximate surface area is 144 Å². The molecule has 0 radical (unpaired) electrons. The zero-order valence-corrected chi connectivity index (χ0v) is 13.9. The summed E-state index contributed by atoms with van der Waals surface area (Å²) in [4.78, 5) is 19.4. The second-order valence-electron chi connectivity index (χ2n) is 6.22. The molecule has 2 aromatic heterocycles. The van der Waals surface area contributed by atoms with Gasteiger partial charge in [-0.3, -0.25) is 4.79 Å². The first-order chi connectivity index (χ1) is 12.1. The summed E-state index contributed by atoms with van der Waals surface area (Å²) in [6.07, 6.45) is 1.83. The topological polar surface area (TPSA) is 37.6 Å². The van der Waals surface area contributed by atoms with Crippen molar-refractivity contribution in [2.45, 2.75) is 12.8 Å². The summed E-state index contributed by atoms with van der Waals surface area (Å²) >= 11 is 1.08. The zero-order valence-electron chi connectivity index (χ0n) is 13.1. The lowest BCUT2D eigenvalue weighted by Crippen LogP contribution is -2.21. The summed E-state index contributed by atoms with van der Waals surface area (Å²) in [5.74, 6) is -1.34. The normalized spacial score (nSPS) is 15.0. The maximum atomic E-state index is 15.1. The molecule has 0 bridgehead atoms. The fourth-order valence-corrected chi connectivity index (χ4v) is 4.60. The molecule has 0 aliphatic carbocycles. The van der Waals surface area contributed by atoms with Crippen LogP contribution in [0.5, 0.6) is 0 Å². The molecule has 0 N–H and O–H groups in total. The highest BCUT2D eigenvalue weighted by molar-refractivity contribution is 7.23. The monoisotopic (exact) mass is 357 g/mol. The van der Waals surface area contributed by atoms with Crippen LogP contribution in [-0.2, 0) is 0 Å². The van der Waals surface area contributed by atoms with Crippen LogP contribution in [-0.4, -0.2) is 22.5 Å². The summed E-state index contributed by atoms with van der Waals surface area (Å²) in [5, 5.41) is 0.0543. The number of benzene rings is 2. The van der Waals surface area contributed by atoms with Gasteiger partial charge in [0, 0.05) is 13.1 Å². The molecule has 25 heavy (non-hydrogen) atoms. The van der Waals surface area contributed by atoms with Crippen LogP contribution in [0.1, 0.15) is 12.8 Å². The lowest BCUT2D eigenvalue weighted by molar-refractivity contribution is 0.587. The van der Waals surface area contributed by atoms with E-state index in [1.807, 2.05) is 12.1 Å². The van der Waals surface area contributed by atoms with E-state index in [1.165, 1.54) is 10.5 Å². The smallest absolute Gasteiger partial charge is 0.266 e. The third kappa shape index (κ3) is 2.02. The number of hydrogen-bond donors (Lipinski definition) is 0. The van der Waals surface area contributed by atoms with E-state index in [1.54, 1.807) is 17.0 Å². The fraction of sp³-hybridized carbons (Fsp3) is 0.222. The lowest BCUT2D eigenvalue weighted by atomic mass is 10.2. The Morgan fingerprint density at radius 2 is 1.88 bits per heavy atom. The second-order valence-corrected chi connectivity index (χ2v) is 7.20. The van der Waals surface area contributed by atoms with Crippen molar-refractivity contribution in [3.8, 4) is 0 Å². The molecule has 126 valence electrons. The number of anilines is 1. The van der Waals surface area contributed by atoms with Crippen molar-refractivity contribution >= 4 is 43.1 Å². The van der Waals surface area contributed by atoms with E-state index in [0.29, 0.717) is 29.1 Å². The molecule has 4 aromatic rings. The van der Waals surface area contributed by atoms with E-state index in [-0.39, 0.29) is 15.8 Å². The van der Waals surface area contributed by atoms with Gasteiger partial charge in [0.05, 0.1) is 21.1 Å². The highest BCUT2D eigenvalue weighted by atomic mass is 32.1. The number of rotatable bonds is 1. The molecule has 0 unspecified atom stereocenters. The van der Waals surface area contributed by atoms with Crippen LogP contribution < -0.4 is 10.5 Å². The van der Waals surface area contributed by atoms with E-state index in [4.69, 9.17) is 0 Å². The Morgan fingerprint density at radius 3 is 2.68 bits per heavy atom. The molecule has 0 amide bonds. The van der Waals surface area contributed by atoms with Crippen molar-refractivity contribution in [3.05, 3.63) is 52.3 Å². The minimum Gasteiger partial charge on any atom is -0.367 e. The highest BCUT2D eigenvalue weighted by Crippen LogP contribution is 2.34. The van der Waals surface area contributed by atoms with Crippen LogP contribution in [0.3, 0.4) is 0 Å². The van der Waals surface area contributed by atoms with E-state index in [0.717, 1.165) is 24.2 Å². The molecule has 5 rings (SSSR count). The van der Waals surface area contributed by atoms with Gasteiger partial charge in [0.15, 0.2) is 10.8 Å². The number of imidazole rings is 1. The van der Waals surface area contributed by atoms with Gasteiger partial charge in [-0.25, -0.2) is 18.2 Å². The summed E-state index contributed by atoms with van der Waals surface area (Å²) in [6.45, 7) is 1.26. The number of para-hydroxylation sites is 2.